The molecule has 0 fully saturated rings. The van der Waals surface area contributed by atoms with Gasteiger partial charge in [-0.15, -0.1) is 0 Å². The van der Waals surface area contributed by atoms with Crippen molar-refractivity contribution in [1.29, 1.82) is 0 Å². The number of nitro benzene ring substituents is 1. The van der Waals surface area contributed by atoms with E-state index in [9.17, 15) is 14.9 Å². The van der Waals surface area contributed by atoms with Crippen LogP contribution in [0.15, 0.2) is 0 Å². The number of carbonyl (C=O) groups excluding carboxylic acids is 1. The number of hydrogen-bond acceptors (Lipinski definition) is 5. The van der Waals surface area contributed by atoms with Gasteiger partial charge >= 0.3 is 0 Å². The molecule has 0 aromatic heterocycles. The number of anilines is 2. The van der Waals surface area contributed by atoms with Crippen LogP contribution in [0.3, 0.4) is 0 Å². The summed E-state index contributed by atoms with van der Waals surface area (Å²) in [5.41, 5.74) is 3.10. The zero-order chi connectivity index (χ0) is 20.5. The number of hydrogen-bond donors (Lipinski definition) is 1. The molecule has 0 saturated carbocycles. The quantitative estimate of drug-likeness (QED) is 0.599. The molecule has 0 bridgehead atoms. The minimum atomic E-state index is -0.598. The Bertz CT molecular complexity index is 753. The zero-order valence-electron chi connectivity index (χ0n) is 17.4. The van der Waals surface area contributed by atoms with E-state index >= 15 is 0 Å². The van der Waals surface area contributed by atoms with Crippen LogP contribution in [0.1, 0.15) is 50.8 Å². The number of fused-ring (bicyclic) bond motifs is 1. The highest BCUT2D eigenvalue weighted by molar-refractivity contribution is 6.00. The van der Waals surface area contributed by atoms with Gasteiger partial charge in [0.05, 0.1) is 34.5 Å². The third-order valence-corrected chi connectivity index (χ3v) is 5.15. The molecule has 1 atom stereocenters. The number of nitrogens with one attached hydrogen (secondary N) is 1. The van der Waals surface area contributed by atoms with Crippen LogP contribution < -0.4 is 10.2 Å². The Morgan fingerprint density at radius 3 is 2.44 bits per heavy atom. The zero-order valence-corrected chi connectivity index (χ0v) is 17.4. The van der Waals surface area contributed by atoms with Crippen LogP contribution in [-0.4, -0.2) is 37.1 Å². The number of rotatable bonds is 6. The first-order valence-electron chi connectivity index (χ1n) is 9.41. The number of nitro groups is 1. The van der Waals surface area contributed by atoms with E-state index in [1.807, 2.05) is 20.8 Å². The summed E-state index contributed by atoms with van der Waals surface area (Å²) in [6.45, 7) is 12.5. The largest absolute Gasteiger partial charge is 0.383 e. The Morgan fingerprint density at radius 1 is 1.33 bits per heavy atom. The van der Waals surface area contributed by atoms with Crippen molar-refractivity contribution in [3.05, 3.63) is 26.8 Å². The predicted octanol–water partition coefficient (Wildman–Crippen LogP) is 3.98. The first kappa shape index (κ1) is 21.2. The molecule has 0 radical (unpaired) electrons. The van der Waals surface area contributed by atoms with Crippen LogP contribution in [0, 0.1) is 29.4 Å². The summed E-state index contributed by atoms with van der Waals surface area (Å²) in [4.78, 5) is 26.3. The highest BCUT2D eigenvalue weighted by atomic mass is 16.6. The maximum Gasteiger partial charge on any atom is 0.277 e. The van der Waals surface area contributed by atoms with Crippen LogP contribution >= 0.6 is 0 Å². The molecule has 0 aliphatic carbocycles. The van der Waals surface area contributed by atoms with Crippen LogP contribution in [-0.2, 0) is 16.0 Å². The van der Waals surface area contributed by atoms with Crippen molar-refractivity contribution in [2.24, 2.45) is 5.41 Å². The van der Waals surface area contributed by atoms with Crippen molar-refractivity contribution in [2.75, 3.05) is 30.5 Å². The van der Waals surface area contributed by atoms with E-state index in [2.05, 4.69) is 17.1 Å². The fraction of sp³-hybridized carbons (Fsp3) is 0.650. The number of benzene rings is 1. The van der Waals surface area contributed by atoms with Crippen LogP contribution in [0.5, 0.6) is 0 Å². The molecule has 7 heteroatoms. The van der Waals surface area contributed by atoms with Gasteiger partial charge in [0.2, 0.25) is 5.91 Å². The summed E-state index contributed by atoms with van der Waals surface area (Å²) in [5.74, 6) is -0.155. The molecular weight excluding hydrogens is 346 g/mol. The third-order valence-electron chi connectivity index (χ3n) is 5.15. The van der Waals surface area contributed by atoms with Gasteiger partial charge < -0.3 is 15.0 Å². The second-order valence-electron chi connectivity index (χ2n) is 8.27. The minimum absolute atomic E-state index is 0.0903. The second-order valence-corrected chi connectivity index (χ2v) is 8.27. The molecule has 27 heavy (non-hydrogen) atoms. The molecular formula is C20H31N3O4. The smallest absolute Gasteiger partial charge is 0.277 e. The molecule has 0 saturated heterocycles. The van der Waals surface area contributed by atoms with Gasteiger partial charge in [-0.3, -0.25) is 14.9 Å². The molecule has 1 unspecified atom stereocenters. The van der Waals surface area contributed by atoms with Gasteiger partial charge in [-0.1, -0.05) is 27.7 Å². The third kappa shape index (κ3) is 3.93. The molecule has 2 rings (SSSR count). The van der Waals surface area contributed by atoms with Gasteiger partial charge in [0.25, 0.3) is 5.69 Å². The molecule has 1 N–H and O–H groups in total. The predicted molar refractivity (Wildman–Crippen MR) is 108 cm³/mol. The summed E-state index contributed by atoms with van der Waals surface area (Å²) < 4.78 is 5.39. The Kier molecular flexibility index (Phi) is 6.14. The second kappa shape index (κ2) is 7.84. The van der Waals surface area contributed by atoms with Gasteiger partial charge in [0, 0.05) is 24.6 Å². The monoisotopic (exact) mass is 377 g/mol. The van der Waals surface area contributed by atoms with E-state index in [1.54, 1.807) is 21.0 Å². The van der Waals surface area contributed by atoms with Crippen molar-refractivity contribution in [3.63, 3.8) is 0 Å². The Balaban J connectivity index is 2.72. The molecule has 150 valence electrons. The lowest BCUT2D eigenvalue weighted by molar-refractivity contribution is -0.386. The van der Waals surface area contributed by atoms with Crippen LogP contribution in [0.4, 0.5) is 17.1 Å². The maximum absolute atomic E-state index is 12.7. The van der Waals surface area contributed by atoms with Crippen molar-refractivity contribution in [3.8, 4) is 0 Å². The SMILES string of the molecule is CCCN1c2c(c(C)c([N+](=O)[O-])c(C)c2NC(=O)C(C)(C)C)CC1COC. The van der Waals surface area contributed by atoms with E-state index in [0.717, 1.165) is 24.2 Å². The Labute approximate surface area is 161 Å². The molecule has 0 spiro atoms. The first-order valence-corrected chi connectivity index (χ1v) is 9.41. The van der Waals surface area contributed by atoms with E-state index in [0.29, 0.717) is 29.8 Å². The lowest BCUT2D eigenvalue weighted by Crippen LogP contribution is -2.37. The number of amides is 1. The number of methoxy groups -OCH3 is 1. The summed E-state index contributed by atoms with van der Waals surface area (Å²) >= 11 is 0. The highest BCUT2D eigenvalue weighted by Crippen LogP contribution is 2.47. The molecule has 1 heterocycles. The molecule has 1 aromatic rings. The van der Waals surface area contributed by atoms with Gasteiger partial charge in [-0.25, -0.2) is 0 Å². The molecule has 1 amide bonds. The van der Waals surface area contributed by atoms with E-state index in [4.69, 9.17) is 4.74 Å². The summed E-state index contributed by atoms with van der Waals surface area (Å²) in [6.07, 6.45) is 1.61. The van der Waals surface area contributed by atoms with E-state index in [1.165, 1.54) is 0 Å². The number of nitrogens with zero attached hydrogens (tertiary/aromatic N) is 2. The lowest BCUT2D eigenvalue weighted by Gasteiger charge is -2.30. The van der Waals surface area contributed by atoms with Crippen LogP contribution in [0.25, 0.3) is 0 Å². The number of ether oxygens (including phenoxy) is 1. The molecule has 1 aliphatic rings. The number of carbonyl (C=O) groups is 1. The average Bonchev–Trinajstić information content (AvgIpc) is 2.90. The standard InChI is InChI=1S/C20H31N3O4/c1-8-9-22-14(11-27-7)10-15-12(2)17(23(25)26)13(3)16(18(15)22)21-19(24)20(4,5)6/h14H,8-11H2,1-7H3,(H,21,24). The molecule has 1 aromatic carbocycles. The highest BCUT2D eigenvalue weighted by Gasteiger charge is 2.38. The Morgan fingerprint density at radius 2 is 1.96 bits per heavy atom. The summed E-state index contributed by atoms with van der Waals surface area (Å²) in [6, 6.07) is 0.107. The van der Waals surface area contributed by atoms with Gasteiger partial charge in [-0.2, -0.15) is 0 Å². The Hall–Kier alpha value is -2.15. The normalized spacial score (nSPS) is 16.4. The van der Waals surface area contributed by atoms with E-state index in [-0.39, 0.29) is 22.6 Å². The van der Waals surface area contributed by atoms with Crippen LogP contribution in [0.2, 0.25) is 0 Å². The minimum Gasteiger partial charge on any atom is -0.383 e. The summed E-state index contributed by atoms with van der Waals surface area (Å²) in [7, 11) is 1.66. The fourth-order valence-electron chi connectivity index (χ4n) is 3.75. The summed E-state index contributed by atoms with van der Waals surface area (Å²) in [5, 5.41) is 14.7. The van der Waals surface area contributed by atoms with Gasteiger partial charge in [0.15, 0.2) is 0 Å². The first-order chi connectivity index (χ1) is 12.5. The average molecular weight is 377 g/mol. The molecule has 1 aliphatic heterocycles. The van der Waals surface area contributed by atoms with Gasteiger partial charge in [0.1, 0.15) is 0 Å². The lowest BCUT2D eigenvalue weighted by atomic mass is 9.93. The van der Waals surface area contributed by atoms with Crippen molar-refractivity contribution >= 4 is 23.0 Å². The molecule has 7 nitrogen and oxygen atoms in total. The van der Waals surface area contributed by atoms with E-state index < -0.39 is 5.41 Å². The van der Waals surface area contributed by atoms with Crippen molar-refractivity contribution in [2.45, 2.75) is 60.4 Å². The maximum atomic E-state index is 12.7. The fourth-order valence-corrected chi connectivity index (χ4v) is 3.75. The van der Waals surface area contributed by atoms with Crippen molar-refractivity contribution in [1.82, 2.24) is 0 Å². The topological polar surface area (TPSA) is 84.7 Å². The van der Waals surface area contributed by atoms with Crippen molar-refractivity contribution < 1.29 is 14.5 Å². The van der Waals surface area contributed by atoms with Gasteiger partial charge in [-0.05, 0) is 32.3 Å².